The molecule has 2 aliphatic rings. The van der Waals surface area contributed by atoms with Gasteiger partial charge < -0.3 is 4.90 Å². The predicted octanol–water partition coefficient (Wildman–Crippen LogP) is 3.57. The smallest absolute Gasteiger partial charge is 0.224 e. The van der Waals surface area contributed by atoms with Gasteiger partial charge in [-0.2, -0.15) is 4.98 Å². The van der Waals surface area contributed by atoms with E-state index in [0.29, 0.717) is 5.15 Å². The Labute approximate surface area is 127 Å². The molecule has 6 heteroatoms. The van der Waals surface area contributed by atoms with Gasteiger partial charge in [0.15, 0.2) is 0 Å². The van der Waals surface area contributed by atoms with E-state index in [1.165, 1.54) is 19.3 Å². The quantitative estimate of drug-likeness (QED) is 0.596. The largest absolute Gasteiger partial charge is 0.355 e. The molecule has 2 atom stereocenters. The van der Waals surface area contributed by atoms with Gasteiger partial charge in [-0.15, -0.1) is 0 Å². The Bertz CT molecular complexity index is 664. The number of nitrogens with zero attached hydrogens (tertiary/aromatic N) is 4. The summed E-state index contributed by atoms with van der Waals surface area (Å²) in [5, 5.41) is 1.68. The zero-order valence-electron chi connectivity index (χ0n) is 10.9. The van der Waals surface area contributed by atoms with Gasteiger partial charge in [-0.1, -0.05) is 11.6 Å². The Morgan fingerprint density at radius 1 is 1.10 bits per heavy atom. The van der Waals surface area contributed by atoms with Crippen LogP contribution < -0.4 is 4.90 Å². The van der Waals surface area contributed by atoms with E-state index in [2.05, 4.69) is 19.9 Å². The Morgan fingerprint density at radius 2 is 1.85 bits per heavy atom. The molecule has 0 radical (unpaired) electrons. The van der Waals surface area contributed by atoms with Crippen LogP contribution in [-0.2, 0) is 0 Å². The molecule has 0 aromatic carbocycles. The second kappa shape index (κ2) is 4.71. The van der Waals surface area contributed by atoms with Gasteiger partial charge in [-0.25, -0.2) is 9.97 Å². The van der Waals surface area contributed by atoms with E-state index in [0.717, 1.165) is 41.6 Å². The van der Waals surface area contributed by atoms with Crippen molar-refractivity contribution in [1.29, 1.82) is 0 Å². The van der Waals surface area contributed by atoms with Gasteiger partial charge in [-0.3, -0.25) is 0 Å². The first-order valence-electron chi connectivity index (χ1n) is 6.93. The summed E-state index contributed by atoms with van der Waals surface area (Å²) in [6, 6.07) is 1.83. The lowest BCUT2D eigenvalue weighted by atomic mass is 9.98. The van der Waals surface area contributed by atoms with E-state index in [9.17, 15) is 0 Å². The van der Waals surface area contributed by atoms with E-state index in [4.69, 9.17) is 23.2 Å². The first-order valence-corrected chi connectivity index (χ1v) is 7.68. The summed E-state index contributed by atoms with van der Waals surface area (Å²) >= 11 is 12.1. The lowest BCUT2D eigenvalue weighted by Crippen LogP contribution is -2.37. The lowest BCUT2D eigenvalue weighted by Gasteiger charge is -2.33. The highest BCUT2D eigenvalue weighted by Gasteiger charge is 2.34. The first kappa shape index (κ1) is 12.6. The van der Waals surface area contributed by atoms with E-state index < -0.39 is 0 Å². The Morgan fingerprint density at radius 3 is 2.60 bits per heavy atom. The van der Waals surface area contributed by atoms with Crippen LogP contribution in [0.15, 0.2) is 12.3 Å². The lowest BCUT2D eigenvalue weighted by molar-refractivity contribution is 0.420. The van der Waals surface area contributed by atoms with Gasteiger partial charge in [0, 0.05) is 18.5 Å². The number of pyridine rings is 1. The van der Waals surface area contributed by atoms with E-state index >= 15 is 0 Å². The van der Waals surface area contributed by atoms with Gasteiger partial charge in [0.2, 0.25) is 5.28 Å². The molecule has 0 amide bonds. The van der Waals surface area contributed by atoms with Crippen LogP contribution in [0.4, 0.5) is 5.82 Å². The second-order valence-electron chi connectivity index (χ2n) is 5.79. The molecule has 2 bridgehead atoms. The average molecular weight is 309 g/mol. The number of hydrogen-bond donors (Lipinski definition) is 0. The maximum absolute atomic E-state index is 6.06. The monoisotopic (exact) mass is 308 g/mol. The van der Waals surface area contributed by atoms with E-state index in [-0.39, 0.29) is 5.28 Å². The summed E-state index contributed by atoms with van der Waals surface area (Å²) in [6.45, 7) is 2.11. The minimum Gasteiger partial charge on any atom is -0.355 e. The van der Waals surface area contributed by atoms with Crippen molar-refractivity contribution in [3.05, 3.63) is 22.7 Å². The zero-order chi connectivity index (χ0) is 13.7. The summed E-state index contributed by atoms with van der Waals surface area (Å²) in [5.41, 5.74) is 0.752. The number of rotatable bonds is 1. The standard InChI is InChI=1S/C14H14Cl2N4/c15-12-4-10-11(5-17-12)18-14(16)19-13(10)20-6-8-1-2-9(3-8)7-20/h4-5,8-9H,1-3,6-7H2. The van der Waals surface area contributed by atoms with Gasteiger partial charge in [0.05, 0.1) is 11.7 Å². The van der Waals surface area contributed by atoms with Gasteiger partial charge in [0.25, 0.3) is 0 Å². The SMILES string of the molecule is Clc1cc2c(N3CC4CCC(C4)C3)nc(Cl)nc2cn1. The summed E-state index contributed by atoms with van der Waals surface area (Å²) in [6.07, 6.45) is 5.68. The van der Waals surface area contributed by atoms with Crippen molar-refractivity contribution in [3.63, 3.8) is 0 Å². The normalized spacial score (nSPS) is 25.4. The van der Waals surface area contributed by atoms with Crippen LogP contribution in [-0.4, -0.2) is 28.0 Å². The molecule has 1 saturated heterocycles. The van der Waals surface area contributed by atoms with Gasteiger partial charge in [-0.05, 0) is 48.8 Å². The number of fused-ring (bicyclic) bond motifs is 3. The minimum absolute atomic E-state index is 0.273. The molecular weight excluding hydrogens is 295 g/mol. The summed E-state index contributed by atoms with van der Waals surface area (Å²) in [5.74, 6) is 2.48. The minimum atomic E-state index is 0.273. The molecule has 3 heterocycles. The van der Waals surface area contributed by atoms with Crippen LogP contribution in [0.2, 0.25) is 10.4 Å². The number of hydrogen-bond acceptors (Lipinski definition) is 4. The Balaban J connectivity index is 1.83. The van der Waals surface area contributed by atoms with E-state index in [1.54, 1.807) is 6.20 Å². The Hall–Kier alpha value is -1.13. The topological polar surface area (TPSA) is 41.9 Å². The number of halogens is 2. The third-order valence-electron chi connectivity index (χ3n) is 4.41. The first-order chi connectivity index (χ1) is 9.69. The third-order valence-corrected chi connectivity index (χ3v) is 4.78. The van der Waals surface area contributed by atoms with Crippen molar-refractivity contribution in [2.75, 3.05) is 18.0 Å². The van der Waals surface area contributed by atoms with Crippen LogP contribution in [0, 0.1) is 11.8 Å². The molecule has 104 valence electrons. The molecule has 4 nitrogen and oxygen atoms in total. The van der Waals surface area contributed by atoms with E-state index in [1.807, 2.05) is 6.07 Å². The number of aromatic nitrogens is 3. The maximum atomic E-state index is 6.06. The number of anilines is 1. The molecule has 0 spiro atoms. The highest BCUT2D eigenvalue weighted by molar-refractivity contribution is 6.30. The van der Waals surface area contributed by atoms with Crippen LogP contribution in [0.1, 0.15) is 19.3 Å². The van der Waals surface area contributed by atoms with Gasteiger partial charge in [0.1, 0.15) is 11.0 Å². The fraction of sp³-hybridized carbons (Fsp3) is 0.500. The van der Waals surface area contributed by atoms with Crippen LogP contribution >= 0.6 is 23.2 Å². The highest BCUT2D eigenvalue weighted by atomic mass is 35.5. The molecule has 4 rings (SSSR count). The average Bonchev–Trinajstić information content (AvgIpc) is 2.77. The van der Waals surface area contributed by atoms with Crippen LogP contribution in [0.5, 0.6) is 0 Å². The van der Waals surface area contributed by atoms with Crippen molar-refractivity contribution in [2.24, 2.45) is 11.8 Å². The molecule has 2 aromatic heterocycles. The zero-order valence-corrected chi connectivity index (χ0v) is 12.4. The molecule has 20 heavy (non-hydrogen) atoms. The van der Waals surface area contributed by atoms with Crippen LogP contribution in [0.25, 0.3) is 10.9 Å². The predicted molar refractivity (Wildman–Crippen MR) is 80.4 cm³/mol. The van der Waals surface area contributed by atoms with Crippen molar-refractivity contribution in [3.8, 4) is 0 Å². The van der Waals surface area contributed by atoms with Crippen LogP contribution in [0.3, 0.4) is 0 Å². The fourth-order valence-electron chi connectivity index (χ4n) is 3.58. The molecule has 2 unspecified atom stereocenters. The third kappa shape index (κ3) is 2.11. The van der Waals surface area contributed by atoms with Gasteiger partial charge >= 0.3 is 0 Å². The molecule has 0 N–H and O–H groups in total. The fourth-order valence-corrected chi connectivity index (χ4v) is 3.91. The molecule has 2 fully saturated rings. The maximum Gasteiger partial charge on any atom is 0.224 e. The summed E-state index contributed by atoms with van der Waals surface area (Å²) < 4.78 is 0. The molecule has 1 aliphatic heterocycles. The summed E-state index contributed by atoms with van der Waals surface area (Å²) in [4.78, 5) is 15.1. The van der Waals surface area contributed by atoms with Crippen molar-refractivity contribution in [2.45, 2.75) is 19.3 Å². The van der Waals surface area contributed by atoms with Crippen molar-refractivity contribution in [1.82, 2.24) is 15.0 Å². The molecule has 1 saturated carbocycles. The highest BCUT2D eigenvalue weighted by Crippen LogP contribution is 2.39. The summed E-state index contributed by atoms with van der Waals surface area (Å²) in [7, 11) is 0. The Kier molecular flexibility index (Phi) is 2.97. The molecule has 1 aliphatic carbocycles. The molecule has 2 aromatic rings. The number of piperidine rings is 1. The second-order valence-corrected chi connectivity index (χ2v) is 6.52. The van der Waals surface area contributed by atoms with Crippen molar-refractivity contribution >= 4 is 39.9 Å². The molecular formula is C14H14Cl2N4. The van der Waals surface area contributed by atoms with Crippen molar-refractivity contribution < 1.29 is 0 Å².